The highest BCUT2D eigenvalue weighted by atomic mass is 19.1. The van der Waals surface area contributed by atoms with Crippen LogP contribution in [0.3, 0.4) is 0 Å². The molecule has 1 amide bonds. The van der Waals surface area contributed by atoms with E-state index in [2.05, 4.69) is 15.5 Å². The molecule has 2 aromatic rings. The molecular formula is C16H18FN3O3. The van der Waals surface area contributed by atoms with Crippen molar-refractivity contribution in [3.05, 3.63) is 53.1 Å². The largest absolute Gasteiger partial charge is 0.467 e. The Morgan fingerprint density at radius 2 is 2.04 bits per heavy atom. The summed E-state index contributed by atoms with van der Waals surface area (Å²) in [6, 6.07) is 6.46. The lowest BCUT2D eigenvalue weighted by Crippen LogP contribution is -2.43. The molecule has 0 bridgehead atoms. The van der Waals surface area contributed by atoms with E-state index in [0.29, 0.717) is 5.56 Å². The van der Waals surface area contributed by atoms with Crippen LogP contribution in [0.4, 0.5) is 4.39 Å². The number of H-pyrrole nitrogens is 1. The van der Waals surface area contributed by atoms with E-state index in [1.165, 1.54) is 19.2 Å². The molecule has 0 radical (unpaired) electrons. The number of benzene rings is 1. The van der Waals surface area contributed by atoms with Gasteiger partial charge in [0.15, 0.2) is 0 Å². The summed E-state index contributed by atoms with van der Waals surface area (Å²) >= 11 is 0. The van der Waals surface area contributed by atoms with Crippen molar-refractivity contribution in [1.29, 1.82) is 0 Å². The molecule has 1 aromatic heterocycles. The molecule has 0 aliphatic rings. The van der Waals surface area contributed by atoms with Crippen LogP contribution in [0, 0.1) is 5.82 Å². The lowest BCUT2D eigenvalue weighted by Gasteiger charge is -2.16. The second-order valence-electron chi connectivity index (χ2n) is 5.01. The number of methoxy groups -OCH3 is 1. The molecule has 2 N–H and O–H groups in total. The minimum absolute atomic E-state index is 0.198. The van der Waals surface area contributed by atoms with Gasteiger partial charge in [0, 0.05) is 12.1 Å². The predicted octanol–water partition coefficient (Wildman–Crippen LogP) is 1.63. The molecular weight excluding hydrogens is 301 g/mol. The molecule has 2 rings (SSSR count). The van der Waals surface area contributed by atoms with Gasteiger partial charge in [-0.3, -0.25) is 9.89 Å². The van der Waals surface area contributed by atoms with Crippen molar-refractivity contribution in [3.63, 3.8) is 0 Å². The average molecular weight is 319 g/mol. The van der Waals surface area contributed by atoms with Crippen LogP contribution in [0.15, 0.2) is 30.3 Å². The van der Waals surface area contributed by atoms with Gasteiger partial charge in [0.25, 0.3) is 5.91 Å². The molecule has 6 nitrogen and oxygen atoms in total. The number of hydrogen-bond donors (Lipinski definition) is 2. The lowest BCUT2D eigenvalue weighted by molar-refractivity contribution is -0.142. The summed E-state index contributed by atoms with van der Waals surface area (Å²) in [5.74, 6) is -1.41. The number of esters is 1. The van der Waals surface area contributed by atoms with E-state index in [9.17, 15) is 14.0 Å². The van der Waals surface area contributed by atoms with Crippen molar-refractivity contribution in [3.8, 4) is 0 Å². The van der Waals surface area contributed by atoms with E-state index >= 15 is 0 Å². The van der Waals surface area contributed by atoms with Gasteiger partial charge in [-0.1, -0.05) is 19.1 Å². The van der Waals surface area contributed by atoms with E-state index in [1.54, 1.807) is 18.2 Å². The number of carbonyl (C=O) groups excluding carboxylic acids is 2. The summed E-state index contributed by atoms with van der Waals surface area (Å²) in [4.78, 5) is 24.1. The van der Waals surface area contributed by atoms with E-state index in [1.807, 2.05) is 6.92 Å². The Balaban J connectivity index is 2.10. The molecule has 1 heterocycles. The molecule has 0 fully saturated rings. The highest BCUT2D eigenvalue weighted by Gasteiger charge is 2.23. The number of rotatable bonds is 6. The third-order valence-electron chi connectivity index (χ3n) is 3.39. The van der Waals surface area contributed by atoms with Gasteiger partial charge in [0.1, 0.15) is 17.6 Å². The summed E-state index contributed by atoms with van der Waals surface area (Å²) in [7, 11) is 1.25. The fraction of sp³-hybridized carbons (Fsp3) is 0.312. The molecule has 0 saturated heterocycles. The number of aromatic amines is 1. The van der Waals surface area contributed by atoms with Gasteiger partial charge in [-0.25, -0.2) is 9.18 Å². The molecule has 1 aromatic carbocycles. The van der Waals surface area contributed by atoms with Crippen molar-refractivity contribution >= 4 is 11.9 Å². The molecule has 23 heavy (non-hydrogen) atoms. The zero-order chi connectivity index (χ0) is 16.8. The first-order valence-electron chi connectivity index (χ1n) is 7.21. The molecule has 7 heteroatoms. The summed E-state index contributed by atoms with van der Waals surface area (Å²) in [6.07, 6.45) is 0.917. The van der Waals surface area contributed by atoms with Crippen LogP contribution < -0.4 is 5.32 Å². The smallest absolute Gasteiger partial charge is 0.328 e. The summed E-state index contributed by atoms with van der Waals surface area (Å²) in [5, 5.41) is 9.24. The molecule has 0 aliphatic heterocycles. The van der Waals surface area contributed by atoms with Gasteiger partial charge in [-0.15, -0.1) is 0 Å². The van der Waals surface area contributed by atoms with E-state index in [4.69, 9.17) is 4.74 Å². The first-order chi connectivity index (χ1) is 11.0. The maximum Gasteiger partial charge on any atom is 0.328 e. The minimum Gasteiger partial charge on any atom is -0.467 e. The Kier molecular flexibility index (Phi) is 5.46. The zero-order valence-corrected chi connectivity index (χ0v) is 12.9. The van der Waals surface area contributed by atoms with Gasteiger partial charge in [-0.2, -0.15) is 5.10 Å². The number of aryl methyl sites for hydroxylation is 1. The first-order valence-corrected chi connectivity index (χ1v) is 7.21. The van der Waals surface area contributed by atoms with Crippen LogP contribution in [0.5, 0.6) is 0 Å². The predicted molar refractivity (Wildman–Crippen MR) is 81.3 cm³/mol. The standard InChI is InChI=1S/C16H18FN3O3/c1-3-12-9-13(20-19-12)15(21)18-14(16(22)23-2)8-10-4-6-11(17)7-5-10/h4-7,9,14H,3,8H2,1-2H3,(H,18,21)(H,19,20)/t14-/m1/s1. The lowest BCUT2D eigenvalue weighted by atomic mass is 10.1. The maximum atomic E-state index is 12.9. The fourth-order valence-corrected chi connectivity index (χ4v) is 2.08. The number of hydrogen-bond acceptors (Lipinski definition) is 4. The molecule has 0 spiro atoms. The molecule has 1 atom stereocenters. The summed E-state index contributed by atoms with van der Waals surface area (Å²) < 4.78 is 17.7. The fourth-order valence-electron chi connectivity index (χ4n) is 2.08. The second-order valence-corrected chi connectivity index (χ2v) is 5.01. The van der Waals surface area contributed by atoms with Crippen LogP contribution in [0.2, 0.25) is 0 Å². The molecule has 0 saturated carbocycles. The van der Waals surface area contributed by atoms with Crippen molar-refractivity contribution in [1.82, 2.24) is 15.5 Å². The SMILES string of the molecule is CCc1cc(C(=O)N[C@H](Cc2ccc(F)cc2)C(=O)OC)n[nH]1. The number of carbonyl (C=O) groups is 2. The van der Waals surface area contributed by atoms with Crippen LogP contribution >= 0.6 is 0 Å². The summed E-state index contributed by atoms with van der Waals surface area (Å²) in [5.41, 5.74) is 1.73. The van der Waals surface area contributed by atoms with Gasteiger partial charge in [0.05, 0.1) is 7.11 Å². The first kappa shape index (κ1) is 16.7. The Morgan fingerprint density at radius 3 is 2.61 bits per heavy atom. The number of nitrogens with zero attached hydrogens (tertiary/aromatic N) is 1. The van der Waals surface area contributed by atoms with E-state index in [0.717, 1.165) is 12.1 Å². The Labute approximate surface area is 133 Å². The number of halogens is 1. The van der Waals surface area contributed by atoms with Crippen LogP contribution in [0.25, 0.3) is 0 Å². The van der Waals surface area contributed by atoms with Crippen molar-refractivity contribution < 1.29 is 18.7 Å². The van der Waals surface area contributed by atoms with Crippen molar-refractivity contribution in [2.45, 2.75) is 25.8 Å². The topological polar surface area (TPSA) is 84.1 Å². The van der Waals surface area contributed by atoms with Crippen molar-refractivity contribution in [2.75, 3.05) is 7.11 Å². The number of aromatic nitrogens is 2. The Morgan fingerprint density at radius 1 is 1.35 bits per heavy atom. The van der Waals surface area contributed by atoms with Crippen LogP contribution in [0.1, 0.15) is 28.7 Å². The Bertz CT molecular complexity index is 682. The van der Waals surface area contributed by atoms with Crippen LogP contribution in [-0.2, 0) is 22.4 Å². The molecule has 0 unspecified atom stereocenters. The summed E-state index contributed by atoms with van der Waals surface area (Å²) in [6.45, 7) is 1.93. The van der Waals surface area contributed by atoms with Gasteiger partial charge in [0.2, 0.25) is 0 Å². The van der Waals surface area contributed by atoms with Gasteiger partial charge in [-0.05, 0) is 30.2 Å². The third kappa shape index (κ3) is 4.38. The highest BCUT2D eigenvalue weighted by Crippen LogP contribution is 2.08. The van der Waals surface area contributed by atoms with E-state index < -0.39 is 17.9 Å². The Hall–Kier alpha value is -2.70. The molecule has 0 aliphatic carbocycles. The number of nitrogens with one attached hydrogen (secondary N) is 2. The van der Waals surface area contributed by atoms with E-state index in [-0.39, 0.29) is 17.9 Å². The van der Waals surface area contributed by atoms with Gasteiger partial charge >= 0.3 is 5.97 Å². The number of amides is 1. The quantitative estimate of drug-likeness (QED) is 0.793. The van der Waals surface area contributed by atoms with Crippen LogP contribution in [-0.4, -0.2) is 35.2 Å². The maximum absolute atomic E-state index is 12.9. The van der Waals surface area contributed by atoms with Gasteiger partial charge < -0.3 is 10.1 Å². The minimum atomic E-state index is -0.875. The third-order valence-corrected chi connectivity index (χ3v) is 3.39. The molecule has 122 valence electrons. The monoisotopic (exact) mass is 319 g/mol. The zero-order valence-electron chi connectivity index (χ0n) is 12.9. The number of ether oxygens (including phenoxy) is 1. The second kappa shape index (κ2) is 7.53. The normalized spacial score (nSPS) is 11.8. The van der Waals surface area contributed by atoms with Crippen molar-refractivity contribution in [2.24, 2.45) is 0 Å². The average Bonchev–Trinajstić information content (AvgIpc) is 3.04. The highest BCUT2D eigenvalue weighted by molar-refractivity contribution is 5.95.